The number of nitrogens with one attached hydrogen (secondary N) is 1. The zero-order valence-corrected chi connectivity index (χ0v) is 21.1. The summed E-state index contributed by atoms with van der Waals surface area (Å²) < 4.78 is 7.25. The molecule has 0 aromatic carbocycles. The molecule has 0 aliphatic carbocycles. The molecule has 12 heteroatoms. The van der Waals surface area contributed by atoms with Gasteiger partial charge < -0.3 is 25.2 Å². The number of rotatable bonds is 10. The molecule has 11 nitrogen and oxygen atoms in total. The van der Waals surface area contributed by atoms with Gasteiger partial charge in [-0.1, -0.05) is 0 Å². The van der Waals surface area contributed by atoms with Crippen LogP contribution in [0.5, 0.6) is 0 Å². The van der Waals surface area contributed by atoms with Crippen LogP contribution < -0.4 is 15.6 Å². The number of carboxylic acids is 1. The lowest BCUT2D eigenvalue weighted by Gasteiger charge is -2.39. The topological polar surface area (TPSA) is 147 Å². The molecule has 0 saturated carbocycles. The molecule has 2 aliphatic rings. The van der Waals surface area contributed by atoms with E-state index in [1.807, 2.05) is 4.90 Å². The van der Waals surface area contributed by atoms with Crippen molar-refractivity contribution < 1.29 is 24.5 Å². The summed E-state index contributed by atoms with van der Waals surface area (Å²) in [6, 6.07) is 1.67. The molecule has 1 atom stereocenters. The van der Waals surface area contributed by atoms with Gasteiger partial charge in [-0.25, -0.2) is 14.8 Å². The van der Waals surface area contributed by atoms with Crippen molar-refractivity contribution in [3.63, 3.8) is 0 Å². The number of anilines is 2. The fraction of sp³-hybridized carbons (Fsp3) is 0.480. The van der Waals surface area contributed by atoms with Gasteiger partial charge in [0.15, 0.2) is 10.8 Å². The summed E-state index contributed by atoms with van der Waals surface area (Å²) in [5.74, 6) is -0.668. The second kappa shape index (κ2) is 11.0. The van der Waals surface area contributed by atoms with Crippen LogP contribution in [0.15, 0.2) is 28.6 Å². The zero-order valence-electron chi connectivity index (χ0n) is 20.3. The summed E-state index contributed by atoms with van der Waals surface area (Å²) in [5, 5.41) is 24.4. The van der Waals surface area contributed by atoms with Crippen LogP contribution in [0.4, 0.5) is 11.5 Å². The number of hydrogen-bond donors (Lipinski definition) is 3. The third-order valence-corrected chi connectivity index (χ3v) is 7.65. The SMILES string of the molecule is O=C(O)c1cn(-c2nccs2)c2nc(N3CC(C(=O)CCC4CCCCO4)C3)cc(NCCO)c2c1=O. The molecule has 5 heterocycles. The molecular formula is C25H29N5O6S. The van der Waals surface area contributed by atoms with Gasteiger partial charge in [0.2, 0.25) is 5.43 Å². The Morgan fingerprint density at radius 3 is 2.78 bits per heavy atom. The molecule has 1 unspecified atom stereocenters. The van der Waals surface area contributed by atoms with E-state index in [4.69, 9.17) is 9.72 Å². The van der Waals surface area contributed by atoms with Crippen molar-refractivity contribution in [2.75, 3.05) is 43.1 Å². The molecule has 0 amide bonds. The average molecular weight is 528 g/mol. The number of ether oxygens (including phenoxy) is 1. The van der Waals surface area contributed by atoms with Gasteiger partial charge in [-0.2, -0.15) is 0 Å². The van der Waals surface area contributed by atoms with Crippen LogP contribution in [-0.2, 0) is 9.53 Å². The van der Waals surface area contributed by atoms with Crippen molar-refractivity contribution >= 4 is 45.6 Å². The van der Waals surface area contributed by atoms with E-state index in [0.717, 1.165) is 32.3 Å². The first-order valence-electron chi connectivity index (χ1n) is 12.4. The van der Waals surface area contributed by atoms with Crippen LogP contribution in [0.25, 0.3) is 16.2 Å². The van der Waals surface area contributed by atoms with Crippen molar-refractivity contribution in [3.05, 3.63) is 39.6 Å². The number of thiazole rings is 1. The van der Waals surface area contributed by atoms with E-state index in [-0.39, 0.29) is 42.0 Å². The molecule has 2 fully saturated rings. The van der Waals surface area contributed by atoms with Crippen molar-refractivity contribution in [2.24, 2.45) is 5.92 Å². The highest BCUT2D eigenvalue weighted by molar-refractivity contribution is 7.12. The Morgan fingerprint density at radius 2 is 2.11 bits per heavy atom. The molecule has 0 spiro atoms. The lowest BCUT2D eigenvalue weighted by atomic mass is 9.91. The number of aliphatic hydroxyl groups excluding tert-OH is 1. The normalized spacial score (nSPS) is 18.1. The second-order valence-electron chi connectivity index (χ2n) is 9.33. The van der Waals surface area contributed by atoms with Gasteiger partial charge in [-0.15, -0.1) is 11.3 Å². The molecule has 2 saturated heterocycles. The number of pyridine rings is 2. The van der Waals surface area contributed by atoms with Gasteiger partial charge in [0.05, 0.1) is 29.7 Å². The van der Waals surface area contributed by atoms with Crippen molar-refractivity contribution in [1.29, 1.82) is 0 Å². The van der Waals surface area contributed by atoms with Crippen LogP contribution in [0.2, 0.25) is 0 Å². The summed E-state index contributed by atoms with van der Waals surface area (Å²) in [4.78, 5) is 48.7. The predicted octanol–water partition coefficient (Wildman–Crippen LogP) is 2.30. The number of carbonyl (C=O) groups excluding carboxylic acids is 1. The number of aromatic carboxylic acids is 1. The first kappa shape index (κ1) is 25.3. The third-order valence-electron chi connectivity index (χ3n) is 6.88. The molecule has 3 aromatic heterocycles. The standard InChI is InChI=1S/C25H29N5O6S/c31-8-6-26-18-11-20(29-12-15(13-29)19(32)5-4-16-3-1-2-9-36-16)28-23-21(18)22(33)17(24(34)35)14-30(23)25-27-7-10-37-25/h7,10-11,14-16,31H,1-6,8-9,12-13H2,(H,26,28)(H,34,35). The lowest BCUT2D eigenvalue weighted by molar-refractivity contribution is -0.124. The number of carboxylic acid groups (broad SMARTS) is 1. The Bertz CT molecular complexity index is 1350. The summed E-state index contributed by atoms with van der Waals surface area (Å²) in [6.07, 6.45) is 7.51. The first-order valence-corrected chi connectivity index (χ1v) is 13.3. The molecule has 5 rings (SSSR count). The molecule has 0 bridgehead atoms. The highest BCUT2D eigenvalue weighted by atomic mass is 32.1. The molecule has 0 radical (unpaired) electrons. The van der Waals surface area contributed by atoms with E-state index in [1.54, 1.807) is 17.6 Å². The maximum Gasteiger partial charge on any atom is 0.341 e. The van der Waals surface area contributed by atoms with Gasteiger partial charge in [0, 0.05) is 56.5 Å². The number of aliphatic hydroxyl groups is 1. The Kier molecular flexibility index (Phi) is 7.49. The largest absolute Gasteiger partial charge is 0.477 e. The van der Waals surface area contributed by atoms with Crippen LogP contribution in [0, 0.1) is 5.92 Å². The molecule has 2 aliphatic heterocycles. The number of carbonyl (C=O) groups is 2. The van der Waals surface area contributed by atoms with Gasteiger partial charge in [-0.05, 0) is 25.7 Å². The number of Topliss-reactive ketones (excluding diaryl/α,β-unsaturated/α-hetero) is 1. The minimum atomic E-state index is -1.35. The van der Waals surface area contributed by atoms with Crippen molar-refractivity contribution in [1.82, 2.24) is 14.5 Å². The lowest BCUT2D eigenvalue weighted by Crippen LogP contribution is -2.51. The number of nitrogens with zero attached hydrogens (tertiary/aromatic N) is 4. The van der Waals surface area contributed by atoms with Crippen molar-refractivity contribution in [3.8, 4) is 5.13 Å². The van der Waals surface area contributed by atoms with Crippen molar-refractivity contribution in [2.45, 2.75) is 38.2 Å². The van der Waals surface area contributed by atoms with Gasteiger partial charge in [-0.3, -0.25) is 14.2 Å². The van der Waals surface area contributed by atoms with Crippen LogP contribution >= 0.6 is 11.3 Å². The minimum absolute atomic E-state index is 0.0921. The van der Waals surface area contributed by atoms with E-state index in [9.17, 15) is 24.6 Å². The minimum Gasteiger partial charge on any atom is -0.477 e. The molecule has 196 valence electrons. The summed E-state index contributed by atoms with van der Waals surface area (Å²) in [5.41, 5.74) is -0.443. The third kappa shape index (κ3) is 5.22. The Morgan fingerprint density at radius 1 is 1.27 bits per heavy atom. The highest BCUT2D eigenvalue weighted by Crippen LogP contribution is 2.32. The predicted molar refractivity (Wildman–Crippen MR) is 139 cm³/mol. The fourth-order valence-electron chi connectivity index (χ4n) is 4.84. The number of aromatic nitrogens is 3. The van der Waals surface area contributed by atoms with E-state index in [0.29, 0.717) is 36.1 Å². The quantitative estimate of drug-likeness (QED) is 0.359. The number of hydrogen-bond acceptors (Lipinski definition) is 10. The van der Waals surface area contributed by atoms with Gasteiger partial charge in [0.25, 0.3) is 0 Å². The summed E-state index contributed by atoms with van der Waals surface area (Å²) in [7, 11) is 0. The first-order chi connectivity index (χ1) is 18.0. The smallest absolute Gasteiger partial charge is 0.341 e. The Balaban J connectivity index is 1.44. The van der Waals surface area contributed by atoms with E-state index in [1.165, 1.54) is 22.1 Å². The Hall–Kier alpha value is -3.35. The molecule has 3 N–H and O–H groups in total. The van der Waals surface area contributed by atoms with Gasteiger partial charge in [0.1, 0.15) is 17.2 Å². The maximum atomic E-state index is 13.2. The zero-order chi connectivity index (χ0) is 25.9. The molecular weight excluding hydrogens is 498 g/mol. The fourth-order valence-corrected chi connectivity index (χ4v) is 5.45. The number of ketones is 1. The number of fused-ring (bicyclic) bond motifs is 1. The van der Waals surface area contributed by atoms with Crippen LogP contribution in [0.1, 0.15) is 42.5 Å². The van der Waals surface area contributed by atoms with E-state index < -0.39 is 17.0 Å². The van der Waals surface area contributed by atoms with Crippen LogP contribution in [-0.4, -0.2) is 75.5 Å². The van der Waals surface area contributed by atoms with E-state index >= 15 is 0 Å². The molecule has 37 heavy (non-hydrogen) atoms. The monoisotopic (exact) mass is 527 g/mol. The summed E-state index contributed by atoms with van der Waals surface area (Å²) in [6.45, 7) is 1.78. The highest BCUT2D eigenvalue weighted by Gasteiger charge is 2.34. The Labute approximate surface area is 216 Å². The van der Waals surface area contributed by atoms with Gasteiger partial charge >= 0.3 is 5.97 Å². The molecule has 3 aromatic rings. The summed E-state index contributed by atoms with van der Waals surface area (Å²) >= 11 is 1.28. The van der Waals surface area contributed by atoms with Crippen LogP contribution in [0.3, 0.4) is 0 Å². The maximum absolute atomic E-state index is 13.2. The second-order valence-corrected chi connectivity index (χ2v) is 10.2. The average Bonchev–Trinajstić information content (AvgIpc) is 3.40. The van der Waals surface area contributed by atoms with E-state index in [2.05, 4.69) is 10.3 Å².